The Morgan fingerprint density at radius 3 is 2.31 bits per heavy atom. The molecule has 0 aromatic heterocycles. The smallest absolute Gasteiger partial charge is 0.410 e. The maximum Gasteiger partial charge on any atom is 0.410 e. The molecule has 2 aliphatic rings. The Morgan fingerprint density at radius 2 is 1.66 bits per heavy atom. The summed E-state index contributed by atoms with van der Waals surface area (Å²) in [6.45, 7) is 11.8. The van der Waals surface area contributed by atoms with Crippen molar-refractivity contribution in [2.45, 2.75) is 46.3 Å². The van der Waals surface area contributed by atoms with E-state index in [1.54, 1.807) is 4.90 Å². The molecule has 1 saturated heterocycles. The van der Waals surface area contributed by atoms with E-state index < -0.39 is 5.60 Å². The summed E-state index contributed by atoms with van der Waals surface area (Å²) < 4.78 is 5.49. The lowest BCUT2D eigenvalue weighted by Crippen LogP contribution is -2.50. The highest BCUT2D eigenvalue weighted by molar-refractivity contribution is 5.97. The number of amides is 2. The van der Waals surface area contributed by atoms with E-state index in [1.165, 1.54) is 5.56 Å². The number of piperazine rings is 1. The van der Waals surface area contributed by atoms with Gasteiger partial charge in [-0.3, -0.25) is 4.79 Å². The van der Waals surface area contributed by atoms with Gasteiger partial charge in [0.2, 0.25) is 0 Å². The lowest BCUT2D eigenvalue weighted by atomic mass is 9.97. The highest BCUT2D eigenvalue weighted by Gasteiger charge is 2.28. The molecule has 0 saturated carbocycles. The van der Waals surface area contributed by atoms with Crippen LogP contribution in [-0.4, -0.2) is 60.1 Å². The van der Waals surface area contributed by atoms with Crippen molar-refractivity contribution in [3.63, 3.8) is 0 Å². The zero-order valence-electron chi connectivity index (χ0n) is 19.6. The summed E-state index contributed by atoms with van der Waals surface area (Å²) in [5, 5.41) is 0. The van der Waals surface area contributed by atoms with Crippen LogP contribution in [0.15, 0.2) is 42.5 Å². The molecule has 1 fully saturated rings. The molecule has 6 heteroatoms. The molecular weight excluding hydrogens is 402 g/mol. The first-order valence-corrected chi connectivity index (χ1v) is 11.4. The molecule has 2 aromatic carbocycles. The lowest BCUT2D eigenvalue weighted by molar-refractivity contribution is 0.0240. The minimum atomic E-state index is -0.489. The molecule has 2 amide bonds. The summed E-state index contributed by atoms with van der Waals surface area (Å²) in [6.07, 6.45) is 0.615. The summed E-state index contributed by atoms with van der Waals surface area (Å²) in [6, 6.07) is 14.6. The van der Waals surface area contributed by atoms with Crippen molar-refractivity contribution in [1.82, 2.24) is 9.80 Å². The summed E-state index contributed by atoms with van der Waals surface area (Å²) in [4.78, 5) is 31.5. The van der Waals surface area contributed by atoms with Gasteiger partial charge in [-0.25, -0.2) is 4.79 Å². The second-order valence-electron chi connectivity index (χ2n) is 9.76. The Kier molecular flexibility index (Phi) is 6.13. The van der Waals surface area contributed by atoms with Crippen LogP contribution < -0.4 is 4.90 Å². The lowest BCUT2D eigenvalue weighted by Gasteiger charge is -2.37. The maximum atomic E-state index is 13.2. The second kappa shape index (κ2) is 8.85. The fraction of sp³-hybridized carbons (Fsp3) is 0.462. The summed E-state index contributed by atoms with van der Waals surface area (Å²) in [5.41, 5.74) is 4.85. The van der Waals surface area contributed by atoms with E-state index in [0.29, 0.717) is 19.6 Å². The Morgan fingerprint density at radius 1 is 0.969 bits per heavy atom. The molecule has 0 unspecified atom stereocenters. The number of ether oxygens (including phenoxy) is 1. The largest absolute Gasteiger partial charge is 0.444 e. The molecule has 0 radical (unpaired) electrons. The Hall–Kier alpha value is -3.02. The third kappa shape index (κ3) is 5.06. The van der Waals surface area contributed by atoms with Gasteiger partial charge in [0.05, 0.1) is 0 Å². The molecule has 2 heterocycles. The van der Waals surface area contributed by atoms with Gasteiger partial charge in [0.15, 0.2) is 0 Å². The summed E-state index contributed by atoms with van der Waals surface area (Å²) >= 11 is 0. The third-order valence-corrected chi connectivity index (χ3v) is 6.05. The molecule has 0 atom stereocenters. The number of hydrogen-bond donors (Lipinski definition) is 0. The summed E-state index contributed by atoms with van der Waals surface area (Å²) in [7, 11) is 0. The topological polar surface area (TPSA) is 53.1 Å². The fourth-order valence-corrected chi connectivity index (χ4v) is 4.24. The van der Waals surface area contributed by atoms with Crippen LogP contribution in [0.4, 0.5) is 10.5 Å². The van der Waals surface area contributed by atoms with Crippen molar-refractivity contribution in [3.8, 4) is 0 Å². The number of benzene rings is 2. The average molecular weight is 436 g/mol. The second-order valence-corrected chi connectivity index (χ2v) is 9.76. The summed E-state index contributed by atoms with van der Waals surface area (Å²) in [5.74, 6) is 0.0982. The predicted molar refractivity (Wildman–Crippen MR) is 126 cm³/mol. The first-order chi connectivity index (χ1) is 15.2. The molecule has 2 aliphatic heterocycles. The Bertz CT molecular complexity index is 986. The molecule has 0 aliphatic carbocycles. The van der Waals surface area contributed by atoms with Gasteiger partial charge in [-0.05, 0) is 57.4 Å². The van der Waals surface area contributed by atoms with Crippen LogP contribution in [-0.2, 0) is 17.7 Å². The van der Waals surface area contributed by atoms with Gasteiger partial charge in [-0.1, -0.05) is 35.9 Å². The van der Waals surface area contributed by atoms with Gasteiger partial charge in [0.1, 0.15) is 5.60 Å². The molecule has 0 N–H and O–H groups in total. The van der Waals surface area contributed by atoms with Gasteiger partial charge in [-0.2, -0.15) is 0 Å². The maximum absolute atomic E-state index is 13.2. The minimum Gasteiger partial charge on any atom is -0.444 e. The van der Waals surface area contributed by atoms with Gasteiger partial charge < -0.3 is 19.4 Å². The van der Waals surface area contributed by atoms with Crippen molar-refractivity contribution < 1.29 is 14.3 Å². The van der Waals surface area contributed by atoms with Crippen LogP contribution in [0.2, 0.25) is 0 Å². The molecule has 4 rings (SSSR count). The SMILES string of the molecule is Cc1ccc(CN2CCc3ccc(N4CCN(C(=O)OC(C)(C)C)CC4)cc3C2=O)cc1. The number of fused-ring (bicyclic) bond motifs is 1. The Labute approximate surface area is 190 Å². The predicted octanol–water partition coefficient (Wildman–Crippen LogP) is 4.25. The molecule has 170 valence electrons. The number of hydrogen-bond acceptors (Lipinski definition) is 4. The molecule has 0 spiro atoms. The first kappa shape index (κ1) is 22.2. The normalized spacial score (nSPS) is 16.8. The quantitative estimate of drug-likeness (QED) is 0.723. The van der Waals surface area contributed by atoms with E-state index in [4.69, 9.17) is 4.74 Å². The number of carbonyl (C=O) groups excluding carboxylic acids is 2. The fourth-order valence-electron chi connectivity index (χ4n) is 4.24. The Balaban J connectivity index is 1.42. The van der Waals surface area contributed by atoms with Crippen LogP contribution in [0, 0.1) is 6.92 Å². The van der Waals surface area contributed by atoms with E-state index in [1.807, 2.05) is 31.7 Å². The van der Waals surface area contributed by atoms with Crippen LogP contribution in [0.1, 0.15) is 47.8 Å². The highest BCUT2D eigenvalue weighted by atomic mass is 16.6. The number of rotatable bonds is 3. The van der Waals surface area contributed by atoms with E-state index in [2.05, 4.69) is 48.2 Å². The number of anilines is 1. The van der Waals surface area contributed by atoms with E-state index in [0.717, 1.165) is 48.4 Å². The molecule has 32 heavy (non-hydrogen) atoms. The van der Waals surface area contributed by atoms with Crippen LogP contribution in [0.25, 0.3) is 0 Å². The molecule has 2 aromatic rings. The molecule has 6 nitrogen and oxygen atoms in total. The van der Waals surface area contributed by atoms with Gasteiger partial charge in [0.25, 0.3) is 5.91 Å². The van der Waals surface area contributed by atoms with Crippen molar-refractivity contribution in [2.24, 2.45) is 0 Å². The van der Waals surface area contributed by atoms with E-state index >= 15 is 0 Å². The standard InChI is InChI=1S/C26H33N3O3/c1-19-5-7-20(8-6-19)18-29-12-11-21-9-10-22(17-23(21)24(29)30)27-13-15-28(16-14-27)25(31)32-26(2,3)4/h5-10,17H,11-16,18H2,1-4H3. The first-order valence-electron chi connectivity index (χ1n) is 11.4. The number of aryl methyl sites for hydroxylation is 1. The average Bonchev–Trinajstić information content (AvgIpc) is 2.76. The van der Waals surface area contributed by atoms with Crippen molar-refractivity contribution in [2.75, 3.05) is 37.6 Å². The van der Waals surface area contributed by atoms with E-state index in [-0.39, 0.29) is 12.0 Å². The third-order valence-electron chi connectivity index (χ3n) is 6.05. The monoisotopic (exact) mass is 435 g/mol. The number of carbonyl (C=O) groups is 2. The van der Waals surface area contributed by atoms with Crippen molar-refractivity contribution in [1.29, 1.82) is 0 Å². The van der Waals surface area contributed by atoms with Crippen molar-refractivity contribution >= 4 is 17.7 Å². The minimum absolute atomic E-state index is 0.0982. The van der Waals surface area contributed by atoms with Gasteiger partial charge >= 0.3 is 6.09 Å². The molecule has 0 bridgehead atoms. The van der Waals surface area contributed by atoms with Gasteiger partial charge in [-0.15, -0.1) is 0 Å². The van der Waals surface area contributed by atoms with E-state index in [9.17, 15) is 9.59 Å². The highest BCUT2D eigenvalue weighted by Crippen LogP contribution is 2.27. The number of nitrogens with zero attached hydrogens (tertiary/aromatic N) is 3. The van der Waals surface area contributed by atoms with Crippen LogP contribution >= 0.6 is 0 Å². The van der Waals surface area contributed by atoms with Crippen LogP contribution in [0.5, 0.6) is 0 Å². The van der Waals surface area contributed by atoms with Gasteiger partial charge in [0, 0.05) is 50.5 Å². The van der Waals surface area contributed by atoms with Crippen molar-refractivity contribution in [3.05, 3.63) is 64.7 Å². The molecular formula is C26H33N3O3. The zero-order chi connectivity index (χ0) is 22.9. The van der Waals surface area contributed by atoms with Crippen LogP contribution in [0.3, 0.4) is 0 Å². The zero-order valence-corrected chi connectivity index (χ0v) is 19.6.